The van der Waals surface area contributed by atoms with E-state index in [1.807, 2.05) is 95.3 Å². The lowest BCUT2D eigenvalue weighted by molar-refractivity contribution is -0.140. The van der Waals surface area contributed by atoms with Gasteiger partial charge in [0.2, 0.25) is 11.8 Å². The Morgan fingerprint density at radius 2 is 1.36 bits per heavy atom. The summed E-state index contributed by atoms with van der Waals surface area (Å²) in [6.45, 7) is 9.88. The topological polar surface area (TPSA) is 86.8 Å². The predicted molar refractivity (Wildman–Crippen MR) is 180 cm³/mol. The number of nitrogens with zero attached hydrogens (tertiary/aromatic N) is 2. The predicted octanol–water partition coefficient (Wildman–Crippen LogP) is 6.22. The Morgan fingerprint density at radius 1 is 0.733 bits per heavy atom. The van der Waals surface area contributed by atoms with Crippen molar-refractivity contribution in [3.05, 3.63) is 131 Å². The molecule has 0 saturated carbocycles. The maximum absolute atomic E-state index is 14.5. The van der Waals surface area contributed by atoms with Gasteiger partial charge >= 0.3 is 0 Å². The van der Waals surface area contributed by atoms with Gasteiger partial charge in [0.25, 0.3) is 10.0 Å². The zero-order chi connectivity index (χ0) is 32.6. The molecule has 0 radical (unpaired) electrons. The van der Waals surface area contributed by atoms with Crippen LogP contribution in [0.25, 0.3) is 0 Å². The molecule has 45 heavy (non-hydrogen) atoms. The van der Waals surface area contributed by atoms with Crippen LogP contribution in [0.4, 0.5) is 5.69 Å². The van der Waals surface area contributed by atoms with E-state index in [-0.39, 0.29) is 29.7 Å². The van der Waals surface area contributed by atoms with E-state index in [2.05, 4.69) is 5.32 Å². The molecule has 7 nitrogen and oxygen atoms in total. The van der Waals surface area contributed by atoms with Gasteiger partial charge in [-0.25, -0.2) is 8.42 Å². The Labute approximate surface area is 268 Å². The SMILES string of the molecule is Cc1ccc(CN(C(=O)CN(c2cccc(C)c2)S(=O)(=O)c2ccc(C)cc2)C(Cc2ccccc2)C(=O)NCC(C)C)cc1. The van der Waals surface area contributed by atoms with Gasteiger partial charge < -0.3 is 10.2 Å². The van der Waals surface area contributed by atoms with Crippen LogP contribution in [0.1, 0.15) is 41.7 Å². The lowest BCUT2D eigenvalue weighted by atomic mass is 10.0. The van der Waals surface area contributed by atoms with E-state index < -0.39 is 28.5 Å². The highest BCUT2D eigenvalue weighted by Crippen LogP contribution is 2.26. The number of anilines is 1. The summed E-state index contributed by atoms with van der Waals surface area (Å²) in [4.78, 5) is 30.0. The van der Waals surface area contributed by atoms with Crippen LogP contribution in [0.15, 0.2) is 108 Å². The second-order valence-electron chi connectivity index (χ2n) is 12.0. The quantitative estimate of drug-likeness (QED) is 0.191. The molecule has 0 saturated heterocycles. The number of carbonyl (C=O) groups excluding carboxylic acids is 2. The van der Waals surface area contributed by atoms with E-state index in [4.69, 9.17) is 0 Å². The van der Waals surface area contributed by atoms with Crippen molar-refractivity contribution in [2.75, 3.05) is 17.4 Å². The van der Waals surface area contributed by atoms with Crippen molar-refractivity contribution in [2.24, 2.45) is 5.92 Å². The lowest BCUT2D eigenvalue weighted by Crippen LogP contribution is -2.53. The maximum Gasteiger partial charge on any atom is 0.264 e. The smallest absolute Gasteiger partial charge is 0.264 e. The van der Waals surface area contributed by atoms with Crippen molar-refractivity contribution in [1.82, 2.24) is 10.2 Å². The van der Waals surface area contributed by atoms with E-state index in [0.717, 1.165) is 32.1 Å². The van der Waals surface area contributed by atoms with Gasteiger partial charge in [-0.3, -0.25) is 13.9 Å². The van der Waals surface area contributed by atoms with E-state index >= 15 is 0 Å². The summed E-state index contributed by atoms with van der Waals surface area (Å²) in [5.41, 5.74) is 4.96. The molecule has 4 rings (SSSR count). The van der Waals surface area contributed by atoms with Crippen molar-refractivity contribution >= 4 is 27.5 Å². The number of amides is 2. The second-order valence-corrected chi connectivity index (χ2v) is 13.9. The molecule has 236 valence electrons. The third-order valence-electron chi connectivity index (χ3n) is 7.61. The van der Waals surface area contributed by atoms with Gasteiger partial charge in [0, 0.05) is 19.5 Å². The third-order valence-corrected chi connectivity index (χ3v) is 9.39. The highest BCUT2D eigenvalue weighted by atomic mass is 32.2. The molecular formula is C37H43N3O4S. The molecular weight excluding hydrogens is 582 g/mol. The van der Waals surface area contributed by atoms with Gasteiger partial charge in [0.1, 0.15) is 12.6 Å². The van der Waals surface area contributed by atoms with Crippen LogP contribution >= 0.6 is 0 Å². The Bertz CT molecular complexity index is 1690. The van der Waals surface area contributed by atoms with Gasteiger partial charge in [0.05, 0.1) is 10.6 Å². The van der Waals surface area contributed by atoms with Gasteiger partial charge in [-0.05, 0) is 67.6 Å². The van der Waals surface area contributed by atoms with E-state index in [9.17, 15) is 18.0 Å². The lowest BCUT2D eigenvalue weighted by Gasteiger charge is -2.34. The number of hydrogen-bond acceptors (Lipinski definition) is 4. The molecule has 1 atom stereocenters. The molecule has 0 aliphatic rings. The zero-order valence-electron chi connectivity index (χ0n) is 26.7. The molecule has 0 fully saturated rings. The second kappa shape index (κ2) is 15.0. The van der Waals surface area contributed by atoms with Gasteiger partial charge in [-0.1, -0.05) is 104 Å². The van der Waals surface area contributed by atoms with Gasteiger partial charge in [0.15, 0.2) is 0 Å². The van der Waals surface area contributed by atoms with Crippen molar-refractivity contribution in [3.63, 3.8) is 0 Å². The monoisotopic (exact) mass is 625 g/mol. The molecule has 0 aliphatic heterocycles. The molecule has 0 aromatic heterocycles. The Kier molecular flexibility index (Phi) is 11.2. The first kappa shape index (κ1) is 33.5. The number of hydrogen-bond donors (Lipinski definition) is 1. The summed E-state index contributed by atoms with van der Waals surface area (Å²) in [6, 6.07) is 30.2. The largest absolute Gasteiger partial charge is 0.354 e. The number of benzene rings is 4. The number of carbonyl (C=O) groups is 2. The van der Waals surface area contributed by atoms with E-state index in [1.54, 1.807) is 42.5 Å². The molecule has 0 aliphatic carbocycles. The fraction of sp³-hybridized carbons (Fsp3) is 0.297. The number of sulfonamides is 1. The standard InChI is InChI=1S/C37H43N3O4S/c1-27(2)24-38-37(42)35(23-31-11-7-6-8-12-31)39(25-32-18-14-28(3)15-19-32)36(41)26-40(33-13-9-10-30(5)22-33)45(43,44)34-20-16-29(4)17-21-34/h6-22,27,35H,23-26H2,1-5H3,(H,38,42). The van der Waals surface area contributed by atoms with Gasteiger partial charge in [-0.2, -0.15) is 0 Å². The van der Waals surface area contributed by atoms with Crippen LogP contribution in [0, 0.1) is 26.7 Å². The summed E-state index contributed by atoms with van der Waals surface area (Å²) in [5, 5.41) is 3.02. The molecule has 4 aromatic rings. The Balaban J connectivity index is 1.79. The summed E-state index contributed by atoms with van der Waals surface area (Å²) < 4.78 is 29.5. The normalized spacial score (nSPS) is 12.0. The minimum atomic E-state index is -4.14. The highest BCUT2D eigenvalue weighted by molar-refractivity contribution is 7.92. The summed E-state index contributed by atoms with van der Waals surface area (Å²) in [6.07, 6.45) is 0.275. The first-order valence-corrected chi connectivity index (χ1v) is 16.7. The maximum atomic E-state index is 14.5. The number of nitrogens with one attached hydrogen (secondary N) is 1. The third kappa shape index (κ3) is 9.05. The van der Waals surface area contributed by atoms with Crippen LogP contribution in [0.5, 0.6) is 0 Å². The van der Waals surface area contributed by atoms with Crippen LogP contribution in [-0.2, 0) is 32.6 Å². The molecule has 8 heteroatoms. The number of rotatable bonds is 13. The fourth-order valence-electron chi connectivity index (χ4n) is 5.02. The Hall–Kier alpha value is -4.43. The molecule has 0 heterocycles. The minimum absolute atomic E-state index is 0.0861. The van der Waals surface area contributed by atoms with Crippen LogP contribution < -0.4 is 9.62 Å². The first-order valence-electron chi connectivity index (χ1n) is 15.3. The first-order chi connectivity index (χ1) is 21.4. The summed E-state index contributed by atoms with van der Waals surface area (Å²) in [7, 11) is -4.14. The molecule has 2 amide bonds. The van der Waals surface area contributed by atoms with E-state index in [1.165, 1.54) is 4.90 Å². The van der Waals surface area contributed by atoms with Gasteiger partial charge in [-0.15, -0.1) is 0 Å². The minimum Gasteiger partial charge on any atom is -0.354 e. The van der Waals surface area contributed by atoms with Crippen molar-refractivity contribution in [3.8, 4) is 0 Å². The van der Waals surface area contributed by atoms with Crippen molar-refractivity contribution in [1.29, 1.82) is 0 Å². The molecule has 0 bridgehead atoms. The van der Waals surface area contributed by atoms with Crippen molar-refractivity contribution < 1.29 is 18.0 Å². The van der Waals surface area contributed by atoms with Crippen LogP contribution in [-0.4, -0.2) is 44.3 Å². The molecule has 4 aromatic carbocycles. The molecule has 1 N–H and O–H groups in total. The molecule has 0 spiro atoms. The fourth-order valence-corrected chi connectivity index (χ4v) is 6.42. The van der Waals surface area contributed by atoms with Crippen LogP contribution in [0.3, 0.4) is 0 Å². The molecule has 1 unspecified atom stereocenters. The highest BCUT2D eigenvalue weighted by Gasteiger charge is 2.34. The average Bonchev–Trinajstić information content (AvgIpc) is 3.01. The van der Waals surface area contributed by atoms with Crippen LogP contribution in [0.2, 0.25) is 0 Å². The van der Waals surface area contributed by atoms with E-state index in [0.29, 0.717) is 12.2 Å². The number of aryl methyl sites for hydroxylation is 3. The average molecular weight is 626 g/mol. The summed E-state index contributed by atoms with van der Waals surface area (Å²) >= 11 is 0. The Morgan fingerprint density at radius 3 is 1.96 bits per heavy atom. The zero-order valence-corrected chi connectivity index (χ0v) is 27.6. The summed E-state index contributed by atoms with van der Waals surface area (Å²) in [5.74, 6) is -0.547. The van der Waals surface area contributed by atoms with Crippen molar-refractivity contribution in [2.45, 2.75) is 58.5 Å².